The zero-order valence-corrected chi connectivity index (χ0v) is 23.2. The van der Waals surface area contributed by atoms with E-state index in [4.69, 9.17) is 9.47 Å². The first-order valence-corrected chi connectivity index (χ1v) is 12.8. The largest absolute Gasteiger partial charge is 0.473 e. The highest BCUT2D eigenvalue weighted by Crippen LogP contribution is 2.28. The highest BCUT2D eigenvalue weighted by molar-refractivity contribution is 6.03. The van der Waals surface area contributed by atoms with Gasteiger partial charge in [0, 0.05) is 18.0 Å². The number of carbonyl (C=O) groups is 2. The standard InChI is InChI=1S/C29H37F2N3O4/c1-8-13-29(7,32-27(36)38-28(4,5)6)14-12-24(35)26-19(3)33-34-23(26)15-18(2)16-25(34)37-17-20-21(30)10-9-11-22(20)31/h9-11,15-16H,8,12-14,17H2,1-7H3,(H,32,36). The maximum Gasteiger partial charge on any atom is 0.408 e. The van der Waals surface area contributed by atoms with Crippen molar-refractivity contribution in [1.29, 1.82) is 0 Å². The number of rotatable bonds is 10. The minimum absolute atomic E-state index is 0.123. The predicted octanol–water partition coefficient (Wildman–Crippen LogP) is 6.85. The first-order chi connectivity index (χ1) is 17.7. The highest BCUT2D eigenvalue weighted by Gasteiger charge is 2.30. The number of aryl methyl sites for hydroxylation is 2. The Morgan fingerprint density at radius 3 is 2.32 bits per heavy atom. The topological polar surface area (TPSA) is 81.9 Å². The summed E-state index contributed by atoms with van der Waals surface area (Å²) in [7, 11) is 0. The molecule has 0 fully saturated rings. The molecule has 2 heterocycles. The van der Waals surface area contributed by atoms with E-state index >= 15 is 0 Å². The third kappa shape index (κ3) is 7.08. The Balaban J connectivity index is 1.83. The van der Waals surface area contributed by atoms with Gasteiger partial charge in [-0.3, -0.25) is 4.79 Å². The Hall–Kier alpha value is -3.49. The van der Waals surface area contributed by atoms with Gasteiger partial charge in [0.25, 0.3) is 0 Å². The molecule has 0 spiro atoms. The molecule has 7 nitrogen and oxygen atoms in total. The molecule has 0 radical (unpaired) electrons. The monoisotopic (exact) mass is 529 g/mol. The molecule has 1 atom stereocenters. The summed E-state index contributed by atoms with van der Waals surface area (Å²) in [6.07, 6.45) is 1.57. The molecule has 3 rings (SSSR count). The number of benzene rings is 1. The number of aromatic nitrogens is 2. The lowest BCUT2D eigenvalue weighted by Crippen LogP contribution is -2.48. The number of nitrogens with zero attached hydrogens (tertiary/aromatic N) is 2. The van der Waals surface area contributed by atoms with Gasteiger partial charge >= 0.3 is 6.09 Å². The molecule has 0 aliphatic carbocycles. The lowest BCUT2D eigenvalue weighted by molar-refractivity contribution is 0.0448. The molecular weight excluding hydrogens is 492 g/mol. The minimum atomic E-state index is -0.698. The molecule has 0 saturated carbocycles. The van der Waals surface area contributed by atoms with Gasteiger partial charge < -0.3 is 14.8 Å². The van der Waals surface area contributed by atoms with Crippen LogP contribution in [-0.4, -0.2) is 32.6 Å². The van der Waals surface area contributed by atoms with Gasteiger partial charge in [-0.05, 0) is 78.1 Å². The van der Waals surface area contributed by atoms with E-state index in [0.717, 1.165) is 12.0 Å². The number of hydrogen-bond donors (Lipinski definition) is 1. The molecule has 1 aromatic carbocycles. The molecular formula is C29H37F2N3O4. The average molecular weight is 530 g/mol. The van der Waals surface area contributed by atoms with Gasteiger partial charge in [0.2, 0.25) is 5.88 Å². The number of ketones is 1. The van der Waals surface area contributed by atoms with Gasteiger partial charge in [0.1, 0.15) is 23.8 Å². The summed E-state index contributed by atoms with van der Waals surface area (Å²) >= 11 is 0. The van der Waals surface area contributed by atoms with E-state index in [2.05, 4.69) is 10.4 Å². The van der Waals surface area contributed by atoms with Crippen LogP contribution in [-0.2, 0) is 11.3 Å². The van der Waals surface area contributed by atoms with E-state index in [1.807, 2.05) is 26.8 Å². The summed E-state index contributed by atoms with van der Waals surface area (Å²) in [5.74, 6) is -1.25. The smallest absolute Gasteiger partial charge is 0.408 e. The first-order valence-electron chi connectivity index (χ1n) is 12.8. The second-order valence-corrected chi connectivity index (χ2v) is 11.0. The van der Waals surface area contributed by atoms with Crippen molar-refractivity contribution in [2.24, 2.45) is 0 Å². The van der Waals surface area contributed by atoms with Crippen molar-refractivity contribution in [3.63, 3.8) is 0 Å². The number of pyridine rings is 1. The summed E-state index contributed by atoms with van der Waals surface area (Å²) in [5, 5.41) is 7.44. The molecule has 2 aromatic heterocycles. The third-order valence-electron chi connectivity index (χ3n) is 6.23. The zero-order chi connectivity index (χ0) is 28.3. The number of amides is 1. The van der Waals surface area contributed by atoms with E-state index in [0.29, 0.717) is 29.6 Å². The molecule has 0 aliphatic heterocycles. The lowest BCUT2D eigenvalue weighted by Gasteiger charge is -2.32. The Kier molecular flexibility index (Phi) is 8.79. The van der Waals surface area contributed by atoms with Crippen molar-refractivity contribution in [2.45, 2.75) is 91.9 Å². The van der Waals surface area contributed by atoms with Crippen LogP contribution in [0.5, 0.6) is 5.88 Å². The zero-order valence-electron chi connectivity index (χ0n) is 23.2. The second kappa shape index (κ2) is 11.5. The van der Waals surface area contributed by atoms with Crippen molar-refractivity contribution in [1.82, 2.24) is 14.9 Å². The summed E-state index contributed by atoms with van der Waals surface area (Å²) in [6, 6.07) is 7.17. The SMILES string of the molecule is CCCC(C)(CCC(=O)c1c(C)nn2c(OCc3c(F)cccc3F)cc(C)cc12)NC(=O)OC(C)(C)C. The number of hydrogen-bond acceptors (Lipinski definition) is 5. The molecule has 9 heteroatoms. The number of halogens is 2. The van der Waals surface area contributed by atoms with Gasteiger partial charge in [-0.1, -0.05) is 19.4 Å². The van der Waals surface area contributed by atoms with Crippen molar-refractivity contribution in [3.8, 4) is 5.88 Å². The molecule has 38 heavy (non-hydrogen) atoms. The Morgan fingerprint density at radius 2 is 1.71 bits per heavy atom. The number of Topliss-reactive ketones (excluding diaryl/α,β-unsaturated/α-hetero) is 1. The van der Waals surface area contributed by atoms with E-state index in [9.17, 15) is 18.4 Å². The van der Waals surface area contributed by atoms with Gasteiger partial charge in [0.05, 0.1) is 22.3 Å². The van der Waals surface area contributed by atoms with Gasteiger partial charge in [-0.25, -0.2) is 18.1 Å². The minimum Gasteiger partial charge on any atom is -0.473 e. The third-order valence-corrected chi connectivity index (χ3v) is 6.23. The van der Waals surface area contributed by atoms with Crippen LogP contribution in [0.3, 0.4) is 0 Å². The van der Waals surface area contributed by atoms with Crippen molar-refractivity contribution in [2.75, 3.05) is 0 Å². The summed E-state index contributed by atoms with van der Waals surface area (Å²) in [4.78, 5) is 25.9. The molecule has 0 saturated heterocycles. The van der Waals surface area contributed by atoms with Crippen LogP contribution in [0, 0.1) is 25.5 Å². The van der Waals surface area contributed by atoms with Crippen molar-refractivity contribution >= 4 is 17.4 Å². The van der Waals surface area contributed by atoms with Crippen LogP contribution >= 0.6 is 0 Å². The normalized spacial score (nSPS) is 13.3. The van der Waals surface area contributed by atoms with Crippen molar-refractivity contribution < 1.29 is 27.8 Å². The maximum atomic E-state index is 14.1. The number of fused-ring (bicyclic) bond motifs is 1. The van der Waals surface area contributed by atoms with Gasteiger partial charge in [-0.15, -0.1) is 0 Å². The first kappa shape index (κ1) is 29.1. The summed E-state index contributed by atoms with van der Waals surface area (Å²) < 4.78 is 40.9. The molecule has 0 bridgehead atoms. The van der Waals surface area contributed by atoms with E-state index in [-0.39, 0.29) is 30.3 Å². The molecule has 1 amide bonds. The van der Waals surface area contributed by atoms with E-state index in [1.165, 1.54) is 22.7 Å². The summed E-state index contributed by atoms with van der Waals surface area (Å²) in [6.45, 7) is 12.6. The Labute approximate surface area is 222 Å². The van der Waals surface area contributed by atoms with E-state index in [1.54, 1.807) is 33.8 Å². The quantitative estimate of drug-likeness (QED) is 0.290. The fourth-order valence-corrected chi connectivity index (χ4v) is 4.49. The number of alkyl carbamates (subject to hydrolysis) is 1. The molecule has 1 N–H and O–H groups in total. The fourth-order valence-electron chi connectivity index (χ4n) is 4.49. The van der Waals surface area contributed by atoms with Crippen LogP contribution < -0.4 is 10.1 Å². The highest BCUT2D eigenvalue weighted by atomic mass is 19.1. The summed E-state index contributed by atoms with van der Waals surface area (Å²) in [5.41, 5.74) is 0.877. The predicted molar refractivity (Wildman–Crippen MR) is 142 cm³/mol. The lowest BCUT2D eigenvalue weighted by atomic mass is 9.88. The van der Waals surface area contributed by atoms with Crippen LogP contribution in [0.25, 0.3) is 5.52 Å². The number of nitrogens with one attached hydrogen (secondary N) is 1. The Bertz CT molecular complexity index is 1310. The van der Waals surface area contributed by atoms with Crippen LogP contribution in [0.2, 0.25) is 0 Å². The van der Waals surface area contributed by atoms with Crippen LogP contribution in [0.1, 0.15) is 87.5 Å². The molecule has 0 aliphatic rings. The number of carbonyl (C=O) groups excluding carboxylic acids is 2. The van der Waals surface area contributed by atoms with Gasteiger partial charge in [0.15, 0.2) is 5.78 Å². The van der Waals surface area contributed by atoms with Gasteiger partial charge in [-0.2, -0.15) is 5.10 Å². The maximum absolute atomic E-state index is 14.1. The fraction of sp³-hybridized carbons (Fsp3) is 0.483. The van der Waals surface area contributed by atoms with Crippen LogP contribution in [0.15, 0.2) is 30.3 Å². The Morgan fingerprint density at radius 1 is 1.05 bits per heavy atom. The molecule has 206 valence electrons. The molecule has 1 unspecified atom stereocenters. The number of ether oxygens (including phenoxy) is 2. The van der Waals surface area contributed by atoms with E-state index < -0.39 is 28.9 Å². The van der Waals surface area contributed by atoms with Crippen molar-refractivity contribution in [3.05, 3.63) is 64.4 Å². The van der Waals surface area contributed by atoms with Crippen LogP contribution in [0.4, 0.5) is 13.6 Å². The average Bonchev–Trinajstić information content (AvgIpc) is 3.11. The second-order valence-electron chi connectivity index (χ2n) is 11.0. The molecule has 3 aromatic rings.